The van der Waals surface area contributed by atoms with Gasteiger partial charge in [-0.3, -0.25) is 0 Å². The van der Waals surface area contributed by atoms with Gasteiger partial charge in [0.1, 0.15) is 11.6 Å². The van der Waals surface area contributed by atoms with E-state index in [0.717, 1.165) is 58.8 Å². The van der Waals surface area contributed by atoms with Crippen LogP contribution in [0.4, 0.5) is 0 Å². The minimum Gasteiger partial charge on any atom is -0.341 e. The molecule has 186 valence electrons. The van der Waals surface area contributed by atoms with Gasteiger partial charge in [0, 0.05) is 17.6 Å². The SMILES string of the molecule is c1cc(-c2cnc([C@H]3NC4C5C3[C@H]45)[nH]2)c2cccc(-c3ccc(-c4cnc([C@@H]5C[C@H]6C[C@H]6N5)[nH]4)cc3)c2c1. The van der Waals surface area contributed by atoms with Crippen molar-refractivity contribution in [2.24, 2.45) is 23.7 Å². The summed E-state index contributed by atoms with van der Waals surface area (Å²) in [6.45, 7) is 0. The van der Waals surface area contributed by atoms with Crippen molar-refractivity contribution < 1.29 is 0 Å². The number of fused-ring (bicyclic) bond motifs is 3. The number of rotatable bonds is 5. The summed E-state index contributed by atoms with van der Waals surface area (Å²) < 4.78 is 0. The highest BCUT2D eigenvalue weighted by atomic mass is 15.2. The van der Waals surface area contributed by atoms with Crippen LogP contribution in [-0.4, -0.2) is 32.0 Å². The Kier molecular flexibility index (Phi) is 3.74. The molecule has 4 N–H and O–H groups in total. The van der Waals surface area contributed by atoms with Crippen LogP contribution in [0.5, 0.6) is 0 Å². The molecule has 0 amide bonds. The third-order valence-electron chi connectivity index (χ3n) is 10.0. The molecule has 2 aromatic heterocycles. The minimum atomic E-state index is 0.378. The lowest BCUT2D eigenvalue weighted by molar-refractivity contribution is 0.543. The van der Waals surface area contributed by atoms with Crippen LogP contribution in [0.3, 0.4) is 0 Å². The second-order valence-electron chi connectivity index (χ2n) is 12.1. The first-order valence-electron chi connectivity index (χ1n) is 14.0. The average Bonchev–Trinajstić information content (AvgIpc) is 3.69. The first-order valence-corrected chi connectivity index (χ1v) is 14.0. The molecule has 38 heavy (non-hydrogen) atoms. The van der Waals surface area contributed by atoms with Gasteiger partial charge in [-0.25, -0.2) is 9.97 Å². The number of imidazole rings is 2. The third kappa shape index (κ3) is 2.79. The summed E-state index contributed by atoms with van der Waals surface area (Å²) in [5, 5.41) is 9.94. The van der Waals surface area contributed by atoms with Gasteiger partial charge in [0.25, 0.3) is 0 Å². The highest BCUT2D eigenvalue weighted by Crippen LogP contribution is 2.77. The molecule has 0 radical (unpaired) electrons. The first-order chi connectivity index (χ1) is 18.8. The number of nitrogens with one attached hydrogen (secondary N) is 4. The molecule has 3 saturated heterocycles. The van der Waals surface area contributed by atoms with E-state index >= 15 is 0 Å². The number of aromatic nitrogens is 4. The van der Waals surface area contributed by atoms with E-state index in [1.165, 1.54) is 45.9 Å². The van der Waals surface area contributed by atoms with Gasteiger partial charge in [0.05, 0.1) is 35.9 Å². The fourth-order valence-electron chi connectivity index (χ4n) is 7.77. The van der Waals surface area contributed by atoms with Gasteiger partial charge in [-0.05, 0) is 64.0 Å². The highest BCUT2D eigenvalue weighted by molar-refractivity contribution is 6.04. The lowest BCUT2D eigenvalue weighted by atomic mass is 9.94. The largest absolute Gasteiger partial charge is 0.341 e. The maximum Gasteiger partial charge on any atom is 0.124 e. The Morgan fingerprint density at radius 2 is 1.34 bits per heavy atom. The summed E-state index contributed by atoms with van der Waals surface area (Å²) in [6.07, 6.45) is 6.54. The standard InChI is InChI=1S/C32H28N6/c1-3-18(15-7-9-16(10-8-15)24-13-33-31(36-24)23-12-17-11-22(17)35-23)19-4-2-6-21(20(19)5-1)25-14-34-32(37-25)30-28-26-27(28)29(26)38-30/h1-10,13-14,17,22-23,26-30,35,38H,11-12H2,(H,33,36)(H,34,37)/t17-,22-,23+,26-,27?,28?,29?,30+/m1/s1. The van der Waals surface area contributed by atoms with Crippen LogP contribution in [0.25, 0.3) is 44.4 Å². The first kappa shape index (κ1) is 20.3. The van der Waals surface area contributed by atoms with Crippen LogP contribution in [0.15, 0.2) is 73.1 Å². The van der Waals surface area contributed by atoms with Gasteiger partial charge < -0.3 is 20.6 Å². The molecule has 6 heteroatoms. The maximum atomic E-state index is 4.79. The number of benzene rings is 3. The monoisotopic (exact) mass is 496 g/mol. The van der Waals surface area contributed by atoms with Crippen molar-refractivity contribution in [1.29, 1.82) is 0 Å². The molecule has 2 bridgehead atoms. The molecule has 3 aromatic carbocycles. The Morgan fingerprint density at radius 1 is 0.632 bits per heavy atom. The number of aromatic amines is 2. The third-order valence-corrected chi connectivity index (χ3v) is 10.0. The van der Waals surface area contributed by atoms with Crippen molar-refractivity contribution in [2.75, 3.05) is 0 Å². The molecule has 0 spiro atoms. The predicted molar refractivity (Wildman–Crippen MR) is 147 cm³/mol. The fourth-order valence-corrected chi connectivity index (χ4v) is 7.77. The smallest absolute Gasteiger partial charge is 0.124 e. The van der Waals surface area contributed by atoms with Gasteiger partial charge in [-0.2, -0.15) is 0 Å². The number of hydrogen-bond donors (Lipinski definition) is 4. The summed E-state index contributed by atoms with van der Waals surface area (Å²) in [5.74, 6) is 5.72. The van der Waals surface area contributed by atoms with E-state index in [0.29, 0.717) is 12.1 Å². The van der Waals surface area contributed by atoms with E-state index in [2.05, 4.69) is 81.3 Å². The van der Waals surface area contributed by atoms with Crippen LogP contribution in [0.1, 0.15) is 36.6 Å². The Bertz CT molecular complexity index is 1720. The van der Waals surface area contributed by atoms with Gasteiger partial charge in [-0.1, -0.05) is 60.7 Å². The van der Waals surface area contributed by atoms with Crippen LogP contribution in [0, 0.1) is 23.7 Å². The molecule has 3 saturated carbocycles. The minimum absolute atomic E-state index is 0.378. The van der Waals surface area contributed by atoms with Crippen molar-refractivity contribution in [2.45, 2.75) is 37.0 Å². The van der Waals surface area contributed by atoms with Crippen LogP contribution >= 0.6 is 0 Å². The van der Waals surface area contributed by atoms with Gasteiger partial charge in [-0.15, -0.1) is 0 Å². The second kappa shape index (κ2) is 7.01. The van der Waals surface area contributed by atoms with Crippen molar-refractivity contribution in [3.63, 3.8) is 0 Å². The summed E-state index contributed by atoms with van der Waals surface area (Å²) in [4.78, 5) is 16.7. The van der Waals surface area contributed by atoms with Gasteiger partial charge >= 0.3 is 0 Å². The summed E-state index contributed by atoms with van der Waals surface area (Å²) >= 11 is 0. The molecular weight excluding hydrogens is 468 g/mol. The quantitative estimate of drug-likeness (QED) is 0.255. The van der Waals surface area contributed by atoms with Crippen molar-refractivity contribution >= 4 is 10.8 Å². The zero-order valence-corrected chi connectivity index (χ0v) is 20.9. The Labute approximate surface area is 220 Å². The summed E-state index contributed by atoms with van der Waals surface area (Å²) in [6, 6.07) is 24.4. The molecule has 6 nitrogen and oxygen atoms in total. The fraction of sp³-hybridized carbons (Fsp3) is 0.312. The molecule has 3 unspecified atom stereocenters. The molecule has 3 aliphatic carbocycles. The lowest BCUT2D eigenvalue weighted by Crippen LogP contribution is -2.18. The molecule has 8 atom stereocenters. The zero-order chi connectivity index (χ0) is 24.5. The Hall–Kier alpha value is -3.74. The van der Waals surface area contributed by atoms with Crippen molar-refractivity contribution in [3.8, 4) is 33.6 Å². The van der Waals surface area contributed by atoms with E-state index in [1.54, 1.807) is 0 Å². The van der Waals surface area contributed by atoms with E-state index < -0.39 is 0 Å². The van der Waals surface area contributed by atoms with Crippen LogP contribution < -0.4 is 10.6 Å². The zero-order valence-electron chi connectivity index (χ0n) is 20.9. The molecule has 5 heterocycles. The van der Waals surface area contributed by atoms with Gasteiger partial charge in [0.15, 0.2) is 0 Å². The van der Waals surface area contributed by atoms with Crippen molar-refractivity contribution in [1.82, 2.24) is 30.6 Å². The molecule has 6 aliphatic rings. The molecule has 6 fully saturated rings. The summed E-state index contributed by atoms with van der Waals surface area (Å²) in [5.41, 5.74) is 7.03. The Morgan fingerprint density at radius 3 is 2.11 bits per heavy atom. The summed E-state index contributed by atoms with van der Waals surface area (Å²) in [7, 11) is 0. The maximum absolute atomic E-state index is 4.79. The van der Waals surface area contributed by atoms with E-state index in [9.17, 15) is 0 Å². The number of hydrogen-bond acceptors (Lipinski definition) is 4. The number of H-pyrrole nitrogens is 2. The molecule has 5 aromatic rings. The molecular formula is C32H28N6. The van der Waals surface area contributed by atoms with Crippen molar-refractivity contribution in [3.05, 3.63) is 84.7 Å². The average molecular weight is 497 g/mol. The number of nitrogens with zero attached hydrogens (tertiary/aromatic N) is 2. The predicted octanol–water partition coefficient (Wildman–Crippen LogP) is 5.60. The van der Waals surface area contributed by atoms with Crippen LogP contribution in [0.2, 0.25) is 0 Å². The van der Waals surface area contributed by atoms with E-state index in [1.807, 2.05) is 12.4 Å². The Balaban J connectivity index is 0.964. The number of piperidine rings is 2. The van der Waals surface area contributed by atoms with E-state index in [4.69, 9.17) is 9.97 Å². The molecule has 3 aliphatic heterocycles. The van der Waals surface area contributed by atoms with Crippen LogP contribution in [-0.2, 0) is 0 Å². The highest BCUT2D eigenvalue weighted by Gasteiger charge is 2.81. The topological polar surface area (TPSA) is 81.4 Å². The lowest BCUT2D eigenvalue weighted by Gasteiger charge is -2.11. The molecule has 11 rings (SSSR count). The van der Waals surface area contributed by atoms with E-state index in [-0.39, 0.29) is 0 Å². The second-order valence-corrected chi connectivity index (χ2v) is 12.1. The van der Waals surface area contributed by atoms with Gasteiger partial charge in [0.2, 0.25) is 0 Å². The normalized spacial score (nSPS) is 33.4.